The Balaban J connectivity index is 1.94. The fraction of sp³-hybridized carbons (Fsp3) is 0.333. The normalized spacial score (nSPS) is 28.7. The molecule has 1 saturated heterocycles. The summed E-state index contributed by atoms with van der Waals surface area (Å²) in [6.45, 7) is 1.06. The Labute approximate surface area is 149 Å². The molecule has 4 rings (SSSR count). The topological polar surface area (TPSA) is 127 Å². The molecule has 1 fully saturated rings. The van der Waals surface area contributed by atoms with Crippen molar-refractivity contribution in [3.8, 4) is 11.1 Å². The fourth-order valence-corrected chi connectivity index (χ4v) is 3.51. The monoisotopic (exact) mass is 356 g/mol. The number of fused-ring (bicyclic) bond motifs is 1. The summed E-state index contributed by atoms with van der Waals surface area (Å²) in [7, 11) is 0. The van der Waals surface area contributed by atoms with Gasteiger partial charge in [0, 0.05) is 11.8 Å². The number of benzene rings is 1. The second-order valence-corrected chi connectivity index (χ2v) is 6.65. The minimum absolute atomic E-state index is 0.310. The molecule has 5 N–H and O–H groups in total. The van der Waals surface area contributed by atoms with Gasteiger partial charge in [0.05, 0.1) is 12.0 Å². The summed E-state index contributed by atoms with van der Waals surface area (Å²) in [6.07, 6.45) is 0.0356. The van der Waals surface area contributed by atoms with Crippen LogP contribution >= 0.6 is 0 Å². The van der Waals surface area contributed by atoms with Gasteiger partial charge < -0.3 is 30.4 Å². The highest BCUT2D eigenvalue weighted by atomic mass is 16.6. The molecule has 0 radical (unpaired) electrons. The van der Waals surface area contributed by atoms with E-state index in [2.05, 4.69) is 9.97 Å². The highest BCUT2D eigenvalue weighted by Gasteiger charge is 2.53. The molecule has 1 aliphatic rings. The van der Waals surface area contributed by atoms with Crippen molar-refractivity contribution in [2.75, 3.05) is 12.3 Å². The minimum atomic E-state index is -1.62. The van der Waals surface area contributed by atoms with Gasteiger partial charge in [-0.3, -0.25) is 0 Å². The van der Waals surface area contributed by atoms with Crippen LogP contribution in [-0.2, 0) is 4.74 Å². The van der Waals surface area contributed by atoms with Gasteiger partial charge in [0.2, 0.25) is 0 Å². The molecule has 0 amide bonds. The molecular weight excluding hydrogens is 336 g/mol. The maximum Gasteiger partial charge on any atom is 0.167 e. The zero-order valence-electron chi connectivity index (χ0n) is 14.1. The van der Waals surface area contributed by atoms with Gasteiger partial charge in [-0.05, 0) is 12.5 Å². The van der Waals surface area contributed by atoms with Crippen molar-refractivity contribution in [2.45, 2.75) is 31.0 Å². The molecule has 0 bridgehead atoms. The first kappa shape index (κ1) is 16.9. The number of anilines is 1. The number of aliphatic hydroxyl groups excluding tert-OH is 2. The van der Waals surface area contributed by atoms with Crippen molar-refractivity contribution in [1.29, 1.82) is 0 Å². The van der Waals surface area contributed by atoms with Gasteiger partial charge in [0.25, 0.3) is 0 Å². The van der Waals surface area contributed by atoms with E-state index in [-0.39, 0.29) is 0 Å². The molecule has 3 unspecified atom stereocenters. The lowest BCUT2D eigenvalue weighted by Crippen LogP contribution is -2.44. The number of nitrogens with two attached hydrogens (primary N) is 1. The Bertz CT molecular complexity index is 941. The molecule has 2 aromatic heterocycles. The summed E-state index contributed by atoms with van der Waals surface area (Å²) in [4.78, 5) is 8.39. The average Bonchev–Trinajstić information content (AvgIpc) is 3.13. The standard InChI is InChI=1S/C18H20N4O4/c1-18(25)14(24)12(8-23)26-17(18)22-7-11(10-5-3-2-4-6-10)13-15(19)20-9-21-16(13)22/h2-7,9,12,14,17,23-25H,8H2,1H3,(H2,19,20,21)/t12?,14-,17?,18?/m1/s1. The molecule has 4 atom stereocenters. The third-order valence-electron chi connectivity index (χ3n) is 4.91. The van der Waals surface area contributed by atoms with Crippen LogP contribution in [0.25, 0.3) is 22.2 Å². The van der Waals surface area contributed by atoms with Crippen molar-refractivity contribution in [3.63, 3.8) is 0 Å². The first-order valence-corrected chi connectivity index (χ1v) is 8.28. The minimum Gasteiger partial charge on any atom is -0.394 e. The van der Waals surface area contributed by atoms with Crippen molar-refractivity contribution < 1.29 is 20.1 Å². The van der Waals surface area contributed by atoms with Crippen molar-refractivity contribution in [1.82, 2.24) is 14.5 Å². The van der Waals surface area contributed by atoms with E-state index in [4.69, 9.17) is 10.5 Å². The van der Waals surface area contributed by atoms with E-state index < -0.39 is 30.6 Å². The molecule has 0 spiro atoms. The van der Waals surface area contributed by atoms with Crippen LogP contribution < -0.4 is 5.73 Å². The van der Waals surface area contributed by atoms with Crippen LogP contribution in [0, 0.1) is 0 Å². The molecule has 26 heavy (non-hydrogen) atoms. The molecular formula is C18H20N4O4. The molecule has 1 aromatic carbocycles. The maximum absolute atomic E-state index is 10.8. The predicted molar refractivity (Wildman–Crippen MR) is 95.0 cm³/mol. The fourth-order valence-electron chi connectivity index (χ4n) is 3.51. The molecule has 8 heteroatoms. The van der Waals surface area contributed by atoms with Crippen LogP contribution in [-0.4, -0.2) is 54.3 Å². The van der Waals surface area contributed by atoms with E-state index in [1.165, 1.54) is 13.3 Å². The number of hydrogen-bond donors (Lipinski definition) is 4. The summed E-state index contributed by atoms with van der Waals surface area (Å²) in [5, 5.41) is 31.2. The molecule has 1 aliphatic heterocycles. The lowest BCUT2D eigenvalue weighted by atomic mass is 9.96. The smallest absolute Gasteiger partial charge is 0.167 e. The van der Waals surface area contributed by atoms with Crippen LogP contribution in [0.3, 0.4) is 0 Å². The predicted octanol–water partition coefficient (Wildman–Crippen LogP) is 0.682. The average molecular weight is 356 g/mol. The second kappa shape index (κ2) is 6.03. The third kappa shape index (κ3) is 2.38. The first-order chi connectivity index (χ1) is 12.4. The van der Waals surface area contributed by atoms with Gasteiger partial charge in [0.15, 0.2) is 6.23 Å². The second-order valence-electron chi connectivity index (χ2n) is 6.65. The maximum atomic E-state index is 10.8. The van der Waals surface area contributed by atoms with E-state index in [9.17, 15) is 15.3 Å². The van der Waals surface area contributed by atoms with E-state index in [0.717, 1.165) is 11.1 Å². The number of hydrogen-bond acceptors (Lipinski definition) is 7. The van der Waals surface area contributed by atoms with E-state index in [0.29, 0.717) is 16.9 Å². The van der Waals surface area contributed by atoms with Crippen LogP contribution in [0.15, 0.2) is 42.9 Å². The van der Waals surface area contributed by atoms with Crippen molar-refractivity contribution in [3.05, 3.63) is 42.9 Å². The van der Waals surface area contributed by atoms with Crippen LogP contribution in [0.5, 0.6) is 0 Å². The van der Waals surface area contributed by atoms with Crippen molar-refractivity contribution >= 4 is 16.9 Å². The van der Waals surface area contributed by atoms with Gasteiger partial charge in [0.1, 0.15) is 35.6 Å². The lowest BCUT2D eigenvalue weighted by Gasteiger charge is -2.27. The van der Waals surface area contributed by atoms with Crippen molar-refractivity contribution in [2.24, 2.45) is 0 Å². The SMILES string of the molecule is CC1(O)C(n2cc(-c3ccccc3)c3c(N)ncnc32)OC(CO)[C@H]1O. The molecule has 0 aliphatic carbocycles. The Hall–Kier alpha value is -2.52. The van der Waals surface area contributed by atoms with E-state index >= 15 is 0 Å². The number of nitrogen functional groups attached to an aromatic ring is 1. The Morgan fingerprint density at radius 2 is 2.00 bits per heavy atom. The van der Waals surface area contributed by atoms with Gasteiger partial charge in [-0.25, -0.2) is 9.97 Å². The van der Waals surface area contributed by atoms with Gasteiger partial charge in [-0.15, -0.1) is 0 Å². The molecule has 8 nitrogen and oxygen atoms in total. The van der Waals surface area contributed by atoms with Crippen LogP contribution in [0.4, 0.5) is 5.82 Å². The van der Waals surface area contributed by atoms with Gasteiger partial charge in [-0.2, -0.15) is 0 Å². The largest absolute Gasteiger partial charge is 0.394 e. The molecule has 0 saturated carbocycles. The highest BCUT2D eigenvalue weighted by Crippen LogP contribution is 2.42. The summed E-state index contributed by atoms with van der Waals surface area (Å²) in [6, 6.07) is 9.60. The molecule has 3 heterocycles. The highest BCUT2D eigenvalue weighted by molar-refractivity contribution is 6.00. The van der Waals surface area contributed by atoms with Gasteiger partial charge in [-0.1, -0.05) is 30.3 Å². The molecule has 136 valence electrons. The zero-order chi connectivity index (χ0) is 18.5. The third-order valence-corrected chi connectivity index (χ3v) is 4.91. The van der Waals surface area contributed by atoms with E-state index in [1.54, 1.807) is 10.8 Å². The zero-order valence-corrected chi connectivity index (χ0v) is 14.1. The summed E-state index contributed by atoms with van der Waals surface area (Å²) in [5.41, 5.74) is 6.66. The Morgan fingerprint density at radius 3 is 2.65 bits per heavy atom. The van der Waals surface area contributed by atoms with Crippen LogP contribution in [0.2, 0.25) is 0 Å². The Kier molecular flexibility index (Phi) is 3.92. The lowest BCUT2D eigenvalue weighted by molar-refractivity contribution is -0.0948. The number of aliphatic hydroxyl groups is 3. The number of aromatic nitrogens is 3. The van der Waals surface area contributed by atoms with Gasteiger partial charge >= 0.3 is 0 Å². The first-order valence-electron chi connectivity index (χ1n) is 8.28. The van der Waals surface area contributed by atoms with E-state index in [1.807, 2.05) is 30.3 Å². The number of ether oxygens (including phenoxy) is 1. The summed E-state index contributed by atoms with van der Waals surface area (Å²) >= 11 is 0. The quantitative estimate of drug-likeness (QED) is 0.543. The summed E-state index contributed by atoms with van der Waals surface area (Å²) < 4.78 is 7.37. The number of rotatable bonds is 3. The summed E-state index contributed by atoms with van der Waals surface area (Å²) in [5.74, 6) is 0.310. The van der Waals surface area contributed by atoms with Crippen LogP contribution in [0.1, 0.15) is 13.2 Å². The molecule has 3 aromatic rings. The number of nitrogens with zero attached hydrogens (tertiary/aromatic N) is 3. The Morgan fingerprint density at radius 1 is 1.27 bits per heavy atom.